The number of hydrogen-bond acceptors (Lipinski definition) is 4. The van der Waals surface area contributed by atoms with Gasteiger partial charge in [-0.15, -0.1) is 11.3 Å². The van der Waals surface area contributed by atoms with Crippen LogP contribution in [0, 0.1) is 6.92 Å². The summed E-state index contributed by atoms with van der Waals surface area (Å²) in [6, 6.07) is 5.79. The number of hydrogen-bond donors (Lipinski definition) is 2. The Hall–Kier alpha value is -1.10. The topological polar surface area (TPSA) is 50.9 Å². The van der Waals surface area contributed by atoms with Gasteiger partial charge in [0, 0.05) is 22.5 Å². The number of anilines is 2. The first-order chi connectivity index (χ1) is 8.20. The molecule has 0 unspecified atom stereocenters. The Bertz CT molecular complexity index is 510. The summed E-state index contributed by atoms with van der Waals surface area (Å²) in [7, 11) is 0. The summed E-state index contributed by atoms with van der Waals surface area (Å²) in [5.74, 6) is 0. The van der Waals surface area contributed by atoms with Gasteiger partial charge in [-0.1, -0.05) is 17.7 Å². The fraction of sp³-hybridized carbons (Fsp3) is 0.250. The summed E-state index contributed by atoms with van der Waals surface area (Å²) >= 11 is 7.64. The zero-order valence-electron chi connectivity index (χ0n) is 9.53. The van der Waals surface area contributed by atoms with Gasteiger partial charge in [0.05, 0.1) is 5.69 Å². The van der Waals surface area contributed by atoms with E-state index < -0.39 is 0 Å². The third-order valence-corrected chi connectivity index (χ3v) is 3.68. The summed E-state index contributed by atoms with van der Waals surface area (Å²) in [6.45, 7) is 2.61. The van der Waals surface area contributed by atoms with E-state index in [1.807, 2.05) is 30.5 Å². The molecule has 0 fully saturated rings. The molecule has 3 nitrogen and oxygen atoms in total. The molecule has 17 heavy (non-hydrogen) atoms. The van der Waals surface area contributed by atoms with Crippen molar-refractivity contribution in [3.05, 3.63) is 39.9 Å². The average Bonchev–Trinajstić information content (AvgIpc) is 2.73. The van der Waals surface area contributed by atoms with Crippen LogP contribution in [0.1, 0.15) is 11.3 Å². The van der Waals surface area contributed by atoms with Crippen molar-refractivity contribution < 1.29 is 0 Å². The third-order valence-electron chi connectivity index (χ3n) is 2.46. The molecule has 1 heterocycles. The van der Waals surface area contributed by atoms with Crippen LogP contribution in [0.5, 0.6) is 0 Å². The largest absolute Gasteiger partial charge is 0.331 e. The predicted octanol–water partition coefficient (Wildman–Crippen LogP) is 3.35. The minimum absolute atomic E-state index is 0.624. The van der Waals surface area contributed by atoms with E-state index in [9.17, 15) is 0 Å². The maximum Gasteiger partial charge on any atom is 0.187 e. The number of thiazole rings is 1. The van der Waals surface area contributed by atoms with Crippen molar-refractivity contribution in [3.8, 4) is 0 Å². The van der Waals surface area contributed by atoms with Crippen molar-refractivity contribution in [2.45, 2.75) is 13.3 Å². The molecule has 1 aromatic carbocycles. The molecule has 0 aliphatic carbocycles. The van der Waals surface area contributed by atoms with Gasteiger partial charge in [-0.2, -0.15) is 0 Å². The van der Waals surface area contributed by atoms with Crippen molar-refractivity contribution >= 4 is 33.8 Å². The number of rotatable bonds is 4. The van der Waals surface area contributed by atoms with Gasteiger partial charge in [-0.05, 0) is 31.2 Å². The van der Waals surface area contributed by atoms with Crippen LogP contribution in [-0.2, 0) is 6.42 Å². The molecule has 0 bridgehead atoms. The van der Waals surface area contributed by atoms with E-state index >= 15 is 0 Å². The van der Waals surface area contributed by atoms with Crippen LogP contribution in [0.4, 0.5) is 10.8 Å². The highest BCUT2D eigenvalue weighted by Crippen LogP contribution is 2.27. The number of nitrogens with one attached hydrogen (secondary N) is 1. The molecule has 0 radical (unpaired) electrons. The van der Waals surface area contributed by atoms with Gasteiger partial charge >= 0.3 is 0 Å². The summed E-state index contributed by atoms with van der Waals surface area (Å²) in [5, 5.41) is 6.93. The number of benzene rings is 1. The summed E-state index contributed by atoms with van der Waals surface area (Å²) in [5.41, 5.74) is 8.54. The standard InChI is InChI=1S/C12H14ClN3S/c1-8-10(13)3-2-4-11(8)16-12-15-9(5-6-14)7-17-12/h2-4,7H,5-6,14H2,1H3,(H,15,16). The molecule has 0 saturated heterocycles. The van der Waals surface area contributed by atoms with E-state index in [4.69, 9.17) is 17.3 Å². The molecule has 5 heteroatoms. The smallest absolute Gasteiger partial charge is 0.187 e. The second-order valence-corrected chi connectivity index (χ2v) is 4.99. The lowest BCUT2D eigenvalue weighted by Gasteiger charge is -2.07. The van der Waals surface area contributed by atoms with Crippen molar-refractivity contribution in [1.29, 1.82) is 0 Å². The molecule has 90 valence electrons. The molecular formula is C12H14ClN3S. The van der Waals surface area contributed by atoms with Gasteiger partial charge in [0.15, 0.2) is 5.13 Å². The fourth-order valence-corrected chi connectivity index (χ4v) is 2.42. The number of nitrogens with two attached hydrogens (primary N) is 1. The Kier molecular flexibility index (Phi) is 3.99. The number of halogens is 1. The second kappa shape index (κ2) is 5.49. The summed E-state index contributed by atoms with van der Waals surface area (Å²) in [6.07, 6.45) is 0.812. The molecule has 0 aliphatic rings. The van der Waals surface area contributed by atoms with Gasteiger partial charge in [0.25, 0.3) is 0 Å². The number of aromatic nitrogens is 1. The minimum atomic E-state index is 0.624. The van der Waals surface area contributed by atoms with Crippen molar-refractivity contribution in [2.75, 3.05) is 11.9 Å². The van der Waals surface area contributed by atoms with Gasteiger partial charge in [-0.3, -0.25) is 0 Å². The Labute approximate surface area is 110 Å². The van der Waals surface area contributed by atoms with E-state index in [0.29, 0.717) is 6.54 Å². The highest BCUT2D eigenvalue weighted by atomic mass is 35.5. The summed E-state index contributed by atoms with van der Waals surface area (Å²) < 4.78 is 0. The van der Waals surface area contributed by atoms with E-state index in [-0.39, 0.29) is 0 Å². The quantitative estimate of drug-likeness (QED) is 0.893. The Morgan fingerprint density at radius 3 is 3.06 bits per heavy atom. The van der Waals surface area contributed by atoms with E-state index in [2.05, 4.69) is 10.3 Å². The van der Waals surface area contributed by atoms with Crippen molar-refractivity contribution in [3.63, 3.8) is 0 Å². The third kappa shape index (κ3) is 2.97. The molecule has 0 atom stereocenters. The molecule has 0 aliphatic heterocycles. The summed E-state index contributed by atoms with van der Waals surface area (Å²) in [4.78, 5) is 4.45. The minimum Gasteiger partial charge on any atom is -0.331 e. The van der Waals surface area contributed by atoms with Gasteiger partial charge < -0.3 is 11.1 Å². The Morgan fingerprint density at radius 1 is 1.47 bits per heavy atom. The first-order valence-electron chi connectivity index (χ1n) is 5.37. The van der Waals surface area contributed by atoms with Gasteiger partial charge in [-0.25, -0.2) is 4.98 Å². The van der Waals surface area contributed by atoms with Crippen LogP contribution >= 0.6 is 22.9 Å². The second-order valence-electron chi connectivity index (χ2n) is 3.72. The normalized spacial score (nSPS) is 10.5. The van der Waals surface area contributed by atoms with Gasteiger partial charge in [0.2, 0.25) is 0 Å². The predicted molar refractivity (Wildman–Crippen MR) is 74.3 cm³/mol. The maximum absolute atomic E-state index is 6.06. The van der Waals surface area contributed by atoms with Crippen LogP contribution in [0.25, 0.3) is 0 Å². The first kappa shape index (κ1) is 12.4. The van der Waals surface area contributed by atoms with E-state index in [1.54, 1.807) is 11.3 Å². The van der Waals surface area contributed by atoms with Crippen LogP contribution in [0.15, 0.2) is 23.6 Å². The molecular weight excluding hydrogens is 254 g/mol. The lowest BCUT2D eigenvalue weighted by atomic mass is 10.2. The van der Waals surface area contributed by atoms with E-state index in [0.717, 1.165) is 33.5 Å². The maximum atomic E-state index is 6.06. The Balaban J connectivity index is 2.16. The molecule has 0 amide bonds. The lowest BCUT2D eigenvalue weighted by Crippen LogP contribution is -2.03. The van der Waals surface area contributed by atoms with Crippen LogP contribution in [0.2, 0.25) is 5.02 Å². The monoisotopic (exact) mass is 267 g/mol. The molecule has 2 rings (SSSR count). The zero-order chi connectivity index (χ0) is 12.3. The van der Waals surface area contributed by atoms with Crippen LogP contribution in [0.3, 0.4) is 0 Å². The SMILES string of the molecule is Cc1c(Cl)cccc1Nc1nc(CCN)cs1. The van der Waals surface area contributed by atoms with Crippen molar-refractivity contribution in [2.24, 2.45) is 5.73 Å². The zero-order valence-corrected chi connectivity index (χ0v) is 11.1. The highest BCUT2D eigenvalue weighted by Gasteiger charge is 2.05. The molecule has 0 saturated carbocycles. The average molecular weight is 268 g/mol. The molecule has 1 aromatic heterocycles. The molecule has 0 spiro atoms. The molecule has 3 N–H and O–H groups in total. The highest BCUT2D eigenvalue weighted by molar-refractivity contribution is 7.13. The molecule has 2 aromatic rings. The van der Waals surface area contributed by atoms with Gasteiger partial charge in [0.1, 0.15) is 0 Å². The lowest BCUT2D eigenvalue weighted by molar-refractivity contribution is 0.936. The first-order valence-corrected chi connectivity index (χ1v) is 6.63. The van der Waals surface area contributed by atoms with Crippen LogP contribution in [-0.4, -0.2) is 11.5 Å². The van der Waals surface area contributed by atoms with Crippen LogP contribution < -0.4 is 11.1 Å². The van der Waals surface area contributed by atoms with Crippen molar-refractivity contribution in [1.82, 2.24) is 4.98 Å². The fourth-order valence-electron chi connectivity index (χ4n) is 1.49. The van der Waals surface area contributed by atoms with E-state index in [1.165, 1.54) is 0 Å². The Morgan fingerprint density at radius 2 is 2.29 bits per heavy atom. The number of nitrogens with zero attached hydrogens (tertiary/aromatic N) is 1.